The van der Waals surface area contributed by atoms with Crippen molar-refractivity contribution in [2.24, 2.45) is 0 Å². The molecule has 0 radical (unpaired) electrons. The molecule has 1 aliphatic rings. The van der Waals surface area contributed by atoms with Crippen LogP contribution >= 0.6 is 11.6 Å². The summed E-state index contributed by atoms with van der Waals surface area (Å²) in [5, 5.41) is 0.749. The van der Waals surface area contributed by atoms with Gasteiger partial charge < -0.3 is 9.64 Å². The van der Waals surface area contributed by atoms with Gasteiger partial charge in [0.25, 0.3) is 0 Å². The standard InChI is InChI=1S/C21H27ClN2O/c1-21(25-20-9-7-19(22)8-10-20)11-15-24(16-12-21)14-3-2-5-18-6-4-13-23-17-18/h4,6-10,13,17H,2-3,5,11-12,14-16H2,1H3. The second kappa shape index (κ2) is 8.68. The highest BCUT2D eigenvalue weighted by molar-refractivity contribution is 6.30. The number of hydrogen-bond donors (Lipinski definition) is 0. The molecule has 0 spiro atoms. The summed E-state index contributed by atoms with van der Waals surface area (Å²) >= 11 is 5.94. The van der Waals surface area contributed by atoms with E-state index in [4.69, 9.17) is 16.3 Å². The summed E-state index contributed by atoms with van der Waals surface area (Å²) < 4.78 is 6.24. The summed E-state index contributed by atoms with van der Waals surface area (Å²) in [4.78, 5) is 6.74. The van der Waals surface area contributed by atoms with Crippen LogP contribution in [0.2, 0.25) is 5.02 Å². The monoisotopic (exact) mass is 358 g/mol. The van der Waals surface area contributed by atoms with Gasteiger partial charge in [-0.2, -0.15) is 0 Å². The molecule has 25 heavy (non-hydrogen) atoms. The molecule has 2 heterocycles. The van der Waals surface area contributed by atoms with E-state index in [1.165, 1.54) is 24.9 Å². The van der Waals surface area contributed by atoms with Crippen molar-refractivity contribution in [1.82, 2.24) is 9.88 Å². The van der Waals surface area contributed by atoms with Crippen LogP contribution in [0.5, 0.6) is 5.75 Å². The molecule has 1 aromatic heterocycles. The van der Waals surface area contributed by atoms with Gasteiger partial charge in [0.1, 0.15) is 11.4 Å². The van der Waals surface area contributed by atoms with Crippen molar-refractivity contribution in [3.05, 3.63) is 59.4 Å². The number of ether oxygens (including phenoxy) is 1. The molecule has 3 rings (SSSR count). The van der Waals surface area contributed by atoms with Crippen LogP contribution in [0.15, 0.2) is 48.8 Å². The number of rotatable bonds is 7. The minimum Gasteiger partial charge on any atom is -0.487 e. The number of benzene rings is 1. The van der Waals surface area contributed by atoms with E-state index < -0.39 is 0 Å². The van der Waals surface area contributed by atoms with Crippen molar-refractivity contribution < 1.29 is 4.74 Å². The van der Waals surface area contributed by atoms with Crippen molar-refractivity contribution in [2.75, 3.05) is 19.6 Å². The molecule has 1 aliphatic heterocycles. The number of piperidine rings is 1. The fourth-order valence-corrected chi connectivity index (χ4v) is 3.48. The molecule has 0 saturated carbocycles. The Bertz CT molecular complexity index is 637. The van der Waals surface area contributed by atoms with Gasteiger partial charge >= 0.3 is 0 Å². The number of unbranched alkanes of at least 4 members (excludes halogenated alkanes) is 1. The third-order valence-corrected chi connectivity index (χ3v) is 5.26. The van der Waals surface area contributed by atoms with Gasteiger partial charge in [-0.3, -0.25) is 4.98 Å². The zero-order chi connectivity index (χ0) is 17.5. The molecule has 0 bridgehead atoms. The van der Waals surface area contributed by atoms with Gasteiger partial charge in [0, 0.05) is 30.5 Å². The lowest BCUT2D eigenvalue weighted by molar-refractivity contribution is 0.0164. The average Bonchev–Trinajstić information content (AvgIpc) is 2.63. The molecule has 0 atom stereocenters. The predicted octanol–water partition coefficient (Wildman–Crippen LogP) is 4.99. The smallest absolute Gasteiger partial charge is 0.120 e. The first-order chi connectivity index (χ1) is 12.1. The molecule has 0 N–H and O–H groups in total. The topological polar surface area (TPSA) is 25.4 Å². The maximum atomic E-state index is 6.24. The van der Waals surface area contributed by atoms with Crippen molar-refractivity contribution in [1.29, 1.82) is 0 Å². The summed E-state index contributed by atoms with van der Waals surface area (Å²) in [6.07, 6.45) is 9.53. The predicted molar refractivity (Wildman–Crippen MR) is 103 cm³/mol. The Labute approximate surface area is 156 Å². The minimum atomic E-state index is -0.0694. The number of halogens is 1. The summed E-state index contributed by atoms with van der Waals surface area (Å²) in [6, 6.07) is 11.9. The van der Waals surface area contributed by atoms with Gasteiger partial charge in [0.2, 0.25) is 0 Å². The molecular weight excluding hydrogens is 332 g/mol. The Balaban J connectivity index is 1.37. The van der Waals surface area contributed by atoms with E-state index in [2.05, 4.69) is 22.9 Å². The SMILES string of the molecule is CC1(Oc2ccc(Cl)cc2)CCN(CCCCc2cccnc2)CC1. The highest BCUT2D eigenvalue weighted by atomic mass is 35.5. The van der Waals surface area contributed by atoms with E-state index in [0.717, 1.165) is 43.1 Å². The average molecular weight is 359 g/mol. The van der Waals surface area contributed by atoms with E-state index in [0.29, 0.717) is 0 Å². The molecule has 0 amide bonds. The van der Waals surface area contributed by atoms with Gasteiger partial charge in [0.15, 0.2) is 0 Å². The molecule has 3 nitrogen and oxygen atoms in total. The van der Waals surface area contributed by atoms with Crippen LogP contribution in [-0.4, -0.2) is 35.1 Å². The number of likely N-dealkylation sites (tertiary alicyclic amines) is 1. The molecule has 134 valence electrons. The molecule has 1 fully saturated rings. The van der Waals surface area contributed by atoms with Crippen LogP contribution in [0.4, 0.5) is 0 Å². The van der Waals surface area contributed by atoms with E-state index in [1.54, 1.807) is 0 Å². The lowest BCUT2D eigenvalue weighted by atomic mass is 9.93. The van der Waals surface area contributed by atoms with E-state index >= 15 is 0 Å². The highest BCUT2D eigenvalue weighted by Crippen LogP contribution is 2.29. The number of hydrogen-bond acceptors (Lipinski definition) is 3. The van der Waals surface area contributed by atoms with E-state index in [-0.39, 0.29) is 5.60 Å². The molecule has 0 aliphatic carbocycles. The summed E-state index contributed by atoms with van der Waals surface area (Å²) in [7, 11) is 0. The Morgan fingerprint density at radius 2 is 1.88 bits per heavy atom. The minimum absolute atomic E-state index is 0.0694. The van der Waals surface area contributed by atoms with Gasteiger partial charge in [-0.15, -0.1) is 0 Å². The summed E-state index contributed by atoms with van der Waals surface area (Å²) in [6.45, 7) is 5.62. The zero-order valence-corrected chi connectivity index (χ0v) is 15.7. The first kappa shape index (κ1) is 18.2. The number of nitrogens with zero attached hydrogens (tertiary/aromatic N) is 2. The van der Waals surface area contributed by atoms with Crippen LogP contribution < -0.4 is 4.74 Å². The fraction of sp³-hybridized carbons (Fsp3) is 0.476. The van der Waals surface area contributed by atoms with Crippen molar-refractivity contribution in [2.45, 2.75) is 44.6 Å². The van der Waals surface area contributed by atoms with Crippen LogP contribution in [0, 0.1) is 0 Å². The van der Waals surface area contributed by atoms with E-state index in [9.17, 15) is 0 Å². The van der Waals surface area contributed by atoms with Gasteiger partial charge in [0.05, 0.1) is 0 Å². The first-order valence-electron chi connectivity index (χ1n) is 9.19. The normalized spacial score (nSPS) is 17.4. The van der Waals surface area contributed by atoms with Crippen molar-refractivity contribution >= 4 is 11.6 Å². The number of pyridine rings is 1. The van der Waals surface area contributed by atoms with Crippen molar-refractivity contribution in [3.8, 4) is 5.75 Å². The number of aryl methyl sites for hydroxylation is 1. The molecule has 1 saturated heterocycles. The lowest BCUT2D eigenvalue weighted by Crippen LogP contribution is -2.46. The highest BCUT2D eigenvalue weighted by Gasteiger charge is 2.31. The third-order valence-electron chi connectivity index (χ3n) is 5.00. The zero-order valence-electron chi connectivity index (χ0n) is 15.0. The van der Waals surface area contributed by atoms with Crippen LogP contribution in [0.3, 0.4) is 0 Å². The third kappa shape index (κ3) is 5.72. The number of aromatic nitrogens is 1. The Morgan fingerprint density at radius 3 is 2.56 bits per heavy atom. The fourth-order valence-electron chi connectivity index (χ4n) is 3.35. The molecule has 2 aromatic rings. The Hall–Kier alpha value is -1.58. The molecule has 0 unspecified atom stereocenters. The maximum absolute atomic E-state index is 6.24. The summed E-state index contributed by atoms with van der Waals surface area (Å²) in [5.41, 5.74) is 1.27. The van der Waals surface area contributed by atoms with Crippen LogP contribution in [0.1, 0.15) is 38.2 Å². The quantitative estimate of drug-likeness (QED) is 0.652. The Morgan fingerprint density at radius 1 is 1.12 bits per heavy atom. The van der Waals surface area contributed by atoms with Crippen molar-refractivity contribution in [3.63, 3.8) is 0 Å². The second-order valence-electron chi connectivity index (χ2n) is 7.17. The lowest BCUT2D eigenvalue weighted by Gasteiger charge is -2.39. The second-order valence-corrected chi connectivity index (χ2v) is 7.60. The molecule has 1 aromatic carbocycles. The van der Waals surface area contributed by atoms with Crippen LogP contribution in [0.25, 0.3) is 0 Å². The first-order valence-corrected chi connectivity index (χ1v) is 9.57. The van der Waals surface area contributed by atoms with E-state index in [1.807, 2.05) is 42.7 Å². The Kier molecular flexibility index (Phi) is 6.33. The summed E-state index contributed by atoms with van der Waals surface area (Å²) in [5.74, 6) is 0.914. The molecular formula is C21H27ClN2O. The van der Waals surface area contributed by atoms with Gasteiger partial charge in [-0.25, -0.2) is 0 Å². The molecule has 4 heteroatoms. The van der Waals surface area contributed by atoms with Crippen LogP contribution in [-0.2, 0) is 6.42 Å². The van der Waals surface area contributed by atoms with Gasteiger partial charge in [-0.1, -0.05) is 17.7 Å². The maximum Gasteiger partial charge on any atom is 0.120 e. The largest absolute Gasteiger partial charge is 0.487 e. The van der Waals surface area contributed by atoms with Gasteiger partial charge in [-0.05, 0) is 81.5 Å².